The molecule has 26 heavy (non-hydrogen) atoms. The van der Waals surface area contributed by atoms with E-state index in [2.05, 4.69) is 58.3 Å². The van der Waals surface area contributed by atoms with Crippen LogP contribution in [0.15, 0.2) is 29.3 Å². The van der Waals surface area contributed by atoms with E-state index in [1.807, 2.05) is 7.05 Å². The normalized spacial score (nSPS) is 18.0. The Balaban J connectivity index is 0.00000338. The first-order valence-electron chi connectivity index (χ1n) is 8.96. The van der Waals surface area contributed by atoms with Crippen LogP contribution >= 0.6 is 24.0 Å². The van der Waals surface area contributed by atoms with Crippen molar-refractivity contribution in [1.29, 1.82) is 0 Å². The molecule has 0 bridgehead atoms. The van der Waals surface area contributed by atoms with Gasteiger partial charge in [-0.3, -0.25) is 4.99 Å². The second-order valence-corrected chi connectivity index (χ2v) is 6.43. The van der Waals surface area contributed by atoms with Gasteiger partial charge in [-0.25, -0.2) is 0 Å². The summed E-state index contributed by atoms with van der Waals surface area (Å²) in [5.74, 6) is 0.946. The molecule has 1 heterocycles. The number of benzene rings is 1. The van der Waals surface area contributed by atoms with Gasteiger partial charge in [0.25, 0.3) is 0 Å². The van der Waals surface area contributed by atoms with Crippen molar-refractivity contribution in [3.05, 3.63) is 35.4 Å². The van der Waals surface area contributed by atoms with Gasteiger partial charge in [0.15, 0.2) is 5.96 Å². The van der Waals surface area contributed by atoms with Crippen LogP contribution in [0.4, 0.5) is 0 Å². The quantitative estimate of drug-likeness (QED) is 0.372. The highest BCUT2D eigenvalue weighted by Gasteiger charge is 2.24. The lowest BCUT2D eigenvalue weighted by Crippen LogP contribution is -2.49. The van der Waals surface area contributed by atoms with E-state index < -0.39 is 0 Å². The van der Waals surface area contributed by atoms with Crippen LogP contribution in [0.3, 0.4) is 0 Å². The zero-order chi connectivity index (χ0) is 18.1. The minimum Gasteiger partial charge on any atom is -0.383 e. The molecule has 1 aliphatic rings. The van der Waals surface area contributed by atoms with Crippen molar-refractivity contribution in [3.8, 4) is 0 Å². The monoisotopic (exact) mass is 476 g/mol. The maximum absolute atomic E-state index is 6.01. The fourth-order valence-corrected chi connectivity index (χ4v) is 3.03. The van der Waals surface area contributed by atoms with Crippen LogP contribution in [0.1, 0.15) is 17.2 Å². The number of guanidine groups is 1. The number of nitrogens with zero attached hydrogens (tertiary/aromatic N) is 3. The predicted molar refractivity (Wildman–Crippen MR) is 118 cm³/mol. The zero-order valence-electron chi connectivity index (χ0n) is 16.4. The van der Waals surface area contributed by atoms with E-state index in [1.165, 1.54) is 11.1 Å². The smallest absolute Gasteiger partial charge is 0.193 e. The van der Waals surface area contributed by atoms with E-state index in [0.717, 1.165) is 45.3 Å². The fraction of sp³-hybridized carbons (Fsp3) is 0.632. The lowest BCUT2D eigenvalue weighted by atomic mass is 10.0. The number of methoxy groups -OCH3 is 1. The summed E-state index contributed by atoms with van der Waals surface area (Å²) in [7, 11) is 5.68. The van der Waals surface area contributed by atoms with E-state index >= 15 is 0 Å². The van der Waals surface area contributed by atoms with Crippen LogP contribution in [0.5, 0.6) is 0 Å². The minimum atomic E-state index is 0. The molecule has 1 atom stereocenters. The summed E-state index contributed by atoms with van der Waals surface area (Å²) in [5.41, 5.74) is 2.54. The van der Waals surface area contributed by atoms with E-state index in [-0.39, 0.29) is 30.1 Å². The van der Waals surface area contributed by atoms with Crippen LogP contribution < -0.4 is 5.32 Å². The summed E-state index contributed by atoms with van der Waals surface area (Å²) < 4.78 is 11.1. The number of halogens is 1. The molecule has 148 valence electrons. The average Bonchev–Trinajstić information content (AvgIpc) is 2.64. The van der Waals surface area contributed by atoms with E-state index in [9.17, 15) is 0 Å². The van der Waals surface area contributed by atoms with Gasteiger partial charge >= 0.3 is 0 Å². The summed E-state index contributed by atoms with van der Waals surface area (Å²) in [4.78, 5) is 8.99. The number of aryl methyl sites for hydroxylation is 1. The molecule has 1 aromatic rings. The first kappa shape index (κ1) is 23.1. The highest BCUT2D eigenvalue weighted by Crippen LogP contribution is 2.24. The Morgan fingerprint density at radius 3 is 2.85 bits per heavy atom. The third kappa shape index (κ3) is 7.02. The van der Waals surface area contributed by atoms with Gasteiger partial charge in [-0.1, -0.05) is 24.3 Å². The maximum Gasteiger partial charge on any atom is 0.193 e. The van der Waals surface area contributed by atoms with E-state index in [1.54, 1.807) is 7.11 Å². The number of likely N-dealkylation sites (N-methyl/N-ethyl adjacent to an activating group) is 1. The van der Waals surface area contributed by atoms with Crippen LogP contribution in [-0.2, 0) is 9.47 Å². The van der Waals surface area contributed by atoms with Gasteiger partial charge in [0.1, 0.15) is 6.10 Å². The van der Waals surface area contributed by atoms with Crippen LogP contribution in [0, 0.1) is 6.92 Å². The number of hydrogen-bond acceptors (Lipinski definition) is 4. The van der Waals surface area contributed by atoms with Gasteiger partial charge < -0.3 is 24.6 Å². The molecule has 0 aromatic heterocycles. The van der Waals surface area contributed by atoms with Crippen molar-refractivity contribution in [1.82, 2.24) is 15.1 Å². The number of nitrogens with one attached hydrogen (secondary N) is 1. The Morgan fingerprint density at radius 1 is 1.38 bits per heavy atom. The fourth-order valence-electron chi connectivity index (χ4n) is 3.03. The lowest BCUT2D eigenvalue weighted by molar-refractivity contribution is -0.00833. The molecule has 6 nitrogen and oxygen atoms in total. The molecule has 7 heteroatoms. The minimum absolute atomic E-state index is 0. The topological polar surface area (TPSA) is 49.3 Å². The van der Waals surface area contributed by atoms with Crippen molar-refractivity contribution >= 4 is 29.9 Å². The zero-order valence-corrected chi connectivity index (χ0v) is 18.7. The molecular weight excluding hydrogens is 443 g/mol. The summed E-state index contributed by atoms with van der Waals surface area (Å²) in [6.07, 6.45) is 0.0953. The Labute approximate surface area is 175 Å². The molecule has 2 rings (SSSR count). The highest BCUT2D eigenvalue weighted by atomic mass is 127. The molecule has 0 amide bonds. The third-order valence-corrected chi connectivity index (χ3v) is 4.57. The average molecular weight is 476 g/mol. The Morgan fingerprint density at radius 2 is 2.15 bits per heavy atom. The van der Waals surface area contributed by atoms with Gasteiger partial charge in [-0.2, -0.15) is 0 Å². The number of rotatable bonds is 7. The van der Waals surface area contributed by atoms with E-state index in [4.69, 9.17) is 9.47 Å². The van der Waals surface area contributed by atoms with Gasteiger partial charge in [0, 0.05) is 40.3 Å². The number of ether oxygens (including phenoxy) is 2. The van der Waals surface area contributed by atoms with Gasteiger partial charge in [-0.15, -0.1) is 24.0 Å². The molecule has 0 spiro atoms. The first-order valence-corrected chi connectivity index (χ1v) is 8.96. The summed E-state index contributed by atoms with van der Waals surface area (Å²) >= 11 is 0. The molecule has 1 unspecified atom stereocenters. The second-order valence-electron chi connectivity index (χ2n) is 6.43. The molecule has 0 aliphatic carbocycles. The highest BCUT2D eigenvalue weighted by molar-refractivity contribution is 14.0. The van der Waals surface area contributed by atoms with Crippen molar-refractivity contribution in [2.45, 2.75) is 13.0 Å². The van der Waals surface area contributed by atoms with Crippen LogP contribution in [-0.4, -0.2) is 82.9 Å². The second kappa shape index (κ2) is 12.5. The maximum atomic E-state index is 6.01. The lowest BCUT2D eigenvalue weighted by Gasteiger charge is -2.36. The molecule has 1 saturated heterocycles. The van der Waals surface area contributed by atoms with Gasteiger partial charge in [-0.05, 0) is 25.1 Å². The van der Waals surface area contributed by atoms with Crippen molar-refractivity contribution in [2.24, 2.45) is 4.99 Å². The molecule has 1 aliphatic heterocycles. The molecule has 1 aromatic carbocycles. The predicted octanol–water partition coefficient (Wildman–Crippen LogP) is 2.14. The van der Waals surface area contributed by atoms with E-state index in [0.29, 0.717) is 6.61 Å². The van der Waals surface area contributed by atoms with Crippen molar-refractivity contribution in [3.63, 3.8) is 0 Å². The molecule has 0 saturated carbocycles. The van der Waals surface area contributed by atoms with Crippen molar-refractivity contribution < 1.29 is 9.47 Å². The molecular formula is C19H33IN4O2. The number of hydrogen-bond donors (Lipinski definition) is 1. The van der Waals surface area contributed by atoms with Gasteiger partial charge in [0.2, 0.25) is 0 Å². The summed E-state index contributed by atoms with van der Waals surface area (Å²) in [6.45, 7) is 8.04. The largest absolute Gasteiger partial charge is 0.383 e. The first-order chi connectivity index (χ1) is 12.2. The SMILES string of the molecule is CN=C(NCCN(C)CCOC)N1CCOC(c2ccccc2C)C1.I. The Bertz CT molecular complexity index is 556. The van der Waals surface area contributed by atoms with Gasteiger partial charge in [0.05, 0.1) is 19.8 Å². The Hall–Kier alpha value is -0.900. The Kier molecular flexibility index (Phi) is 11.1. The molecule has 1 fully saturated rings. The number of aliphatic imine (C=N–C) groups is 1. The molecule has 1 N–H and O–H groups in total. The van der Waals surface area contributed by atoms with Crippen LogP contribution in [0.2, 0.25) is 0 Å². The van der Waals surface area contributed by atoms with Crippen LogP contribution in [0.25, 0.3) is 0 Å². The summed E-state index contributed by atoms with van der Waals surface area (Å²) in [6, 6.07) is 8.44. The van der Waals surface area contributed by atoms with Crippen molar-refractivity contribution in [2.75, 3.05) is 67.1 Å². The molecule has 0 radical (unpaired) electrons. The standard InChI is InChI=1S/C19H32N4O2.HI/c1-16-7-5-6-8-17(16)18-15-23(12-14-25-18)19(20-2)21-9-10-22(3)11-13-24-4;/h5-8,18H,9-15H2,1-4H3,(H,20,21);1H. The summed E-state index contributed by atoms with van der Waals surface area (Å²) in [5, 5.41) is 3.47. The number of morpholine rings is 1. The third-order valence-electron chi connectivity index (χ3n) is 4.57.